The van der Waals surface area contributed by atoms with Crippen molar-refractivity contribution in [2.45, 2.75) is 84.8 Å². The van der Waals surface area contributed by atoms with Crippen molar-refractivity contribution < 1.29 is 4.79 Å². The molecule has 1 rings (SSSR count). The molecule has 0 bridgehead atoms. The molecule has 2 N–H and O–H groups in total. The first-order chi connectivity index (χ1) is 8.97. The zero-order chi connectivity index (χ0) is 14.4. The first-order valence-electron chi connectivity index (χ1n) is 8.04. The Balaban J connectivity index is 2.37. The van der Waals surface area contributed by atoms with Gasteiger partial charge in [-0.25, -0.2) is 0 Å². The molecule has 0 aromatic carbocycles. The Kier molecular flexibility index (Phi) is 6.84. The van der Waals surface area contributed by atoms with Crippen LogP contribution in [0.15, 0.2) is 0 Å². The fraction of sp³-hybridized carbons (Fsp3) is 0.938. The third-order valence-corrected chi connectivity index (χ3v) is 4.81. The van der Waals surface area contributed by atoms with E-state index in [9.17, 15) is 4.79 Å². The van der Waals surface area contributed by atoms with Gasteiger partial charge in [-0.2, -0.15) is 0 Å². The molecule has 4 unspecified atom stereocenters. The minimum absolute atomic E-state index is 0.0776. The average Bonchev–Trinajstić information content (AvgIpc) is 2.39. The van der Waals surface area contributed by atoms with Crippen molar-refractivity contribution in [1.29, 1.82) is 0 Å². The molecule has 19 heavy (non-hydrogen) atoms. The third kappa shape index (κ3) is 5.13. The van der Waals surface area contributed by atoms with Gasteiger partial charge >= 0.3 is 0 Å². The number of amides is 1. The molecule has 0 heterocycles. The van der Waals surface area contributed by atoms with E-state index < -0.39 is 0 Å². The minimum atomic E-state index is -0.0776. The Morgan fingerprint density at radius 3 is 2.32 bits per heavy atom. The van der Waals surface area contributed by atoms with Gasteiger partial charge in [-0.1, -0.05) is 27.7 Å². The number of carbonyl (C=O) groups is 1. The maximum atomic E-state index is 12.1. The molecule has 0 aromatic rings. The van der Waals surface area contributed by atoms with Crippen LogP contribution in [-0.4, -0.2) is 24.0 Å². The lowest BCUT2D eigenvalue weighted by molar-refractivity contribution is -0.123. The third-order valence-electron chi connectivity index (χ3n) is 4.81. The Hall–Kier alpha value is -0.570. The maximum absolute atomic E-state index is 12.1. The largest absolute Gasteiger partial charge is 0.352 e. The molecule has 1 aliphatic rings. The van der Waals surface area contributed by atoms with Crippen molar-refractivity contribution in [3.63, 3.8) is 0 Å². The van der Waals surface area contributed by atoms with E-state index in [0.717, 1.165) is 24.7 Å². The summed E-state index contributed by atoms with van der Waals surface area (Å²) in [5, 5.41) is 6.64. The fourth-order valence-electron chi connectivity index (χ4n) is 2.95. The summed E-state index contributed by atoms with van der Waals surface area (Å²) in [6.45, 7) is 10.9. The highest BCUT2D eigenvalue weighted by molar-refractivity contribution is 5.81. The summed E-state index contributed by atoms with van der Waals surface area (Å²) in [6, 6.07) is 0.752. The van der Waals surface area contributed by atoms with Gasteiger partial charge in [0, 0.05) is 12.1 Å². The van der Waals surface area contributed by atoms with E-state index in [4.69, 9.17) is 0 Å². The van der Waals surface area contributed by atoms with E-state index >= 15 is 0 Å². The van der Waals surface area contributed by atoms with E-state index in [1.807, 2.05) is 6.92 Å². The number of carbonyl (C=O) groups excluding carboxylic acids is 1. The van der Waals surface area contributed by atoms with Crippen LogP contribution in [0.4, 0.5) is 0 Å². The van der Waals surface area contributed by atoms with Gasteiger partial charge in [-0.05, 0) is 50.9 Å². The van der Waals surface area contributed by atoms with Gasteiger partial charge in [0.2, 0.25) is 5.91 Å². The van der Waals surface area contributed by atoms with Gasteiger partial charge in [0.1, 0.15) is 0 Å². The van der Waals surface area contributed by atoms with E-state index in [1.165, 1.54) is 19.3 Å². The summed E-state index contributed by atoms with van der Waals surface area (Å²) >= 11 is 0. The number of nitrogens with one attached hydrogen (secondary N) is 2. The highest BCUT2D eigenvalue weighted by Gasteiger charge is 2.27. The molecule has 4 atom stereocenters. The van der Waals surface area contributed by atoms with Crippen molar-refractivity contribution in [3.8, 4) is 0 Å². The van der Waals surface area contributed by atoms with Crippen molar-refractivity contribution in [2.75, 3.05) is 0 Å². The second-order valence-corrected chi connectivity index (χ2v) is 6.37. The van der Waals surface area contributed by atoms with Crippen LogP contribution in [-0.2, 0) is 4.79 Å². The number of hydrogen-bond donors (Lipinski definition) is 2. The summed E-state index contributed by atoms with van der Waals surface area (Å²) in [4.78, 5) is 12.1. The van der Waals surface area contributed by atoms with E-state index in [2.05, 4.69) is 38.3 Å². The first kappa shape index (κ1) is 16.5. The Labute approximate surface area is 118 Å². The van der Waals surface area contributed by atoms with Crippen LogP contribution in [0.5, 0.6) is 0 Å². The maximum Gasteiger partial charge on any atom is 0.237 e. The van der Waals surface area contributed by atoms with E-state index in [0.29, 0.717) is 12.1 Å². The highest BCUT2D eigenvalue weighted by Crippen LogP contribution is 2.29. The van der Waals surface area contributed by atoms with Crippen LogP contribution in [0.3, 0.4) is 0 Å². The van der Waals surface area contributed by atoms with Crippen molar-refractivity contribution >= 4 is 5.91 Å². The molecular formula is C16H32N2O. The quantitative estimate of drug-likeness (QED) is 0.777. The lowest BCUT2D eigenvalue weighted by Crippen LogP contribution is -2.50. The number of hydrogen-bond acceptors (Lipinski definition) is 2. The fourth-order valence-corrected chi connectivity index (χ4v) is 2.95. The molecule has 1 fully saturated rings. The van der Waals surface area contributed by atoms with Gasteiger partial charge < -0.3 is 10.6 Å². The summed E-state index contributed by atoms with van der Waals surface area (Å²) in [5.41, 5.74) is 0. The van der Waals surface area contributed by atoms with Gasteiger partial charge in [0.15, 0.2) is 0 Å². The van der Waals surface area contributed by atoms with Crippen LogP contribution in [0.1, 0.15) is 66.7 Å². The molecule has 3 nitrogen and oxygen atoms in total. The molecule has 3 heteroatoms. The standard InChI is InChI=1S/C16H32N2O/c1-6-14(7-2)18-16(19)13(5)17-15-9-8-11(3)12(4)10-15/h11-15,17H,6-10H2,1-5H3,(H,18,19). The Bertz CT molecular complexity index is 276. The number of rotatable bonds is 6. The Morgan fingerprint density at radius 2 is 1.79 bits per heavy atom. The summed E-state index contributed by atoms with van der Waals surface area (Å²) in [7, 11) is 0. The molecule has 0 aromatic heterocycles. The predicted octanol–water partition coefficient (Wildman–Crippen LogP) is 3.09. The van der Waals surface area contributed by atoms with Crippen molar-refractivity contribution in [1.82, 2.24) is 10.6 Å². The predicted molar refractivity (Wildman–Crippen MR) is 81.1 cm³/mol. The average molecular weight is 268 g/mol. The van der Waals surface area contributed by atoms with Crippen molar-refractivity contribution in [3.05, 3.63) is 0 Å². The molecule has 0 spiro atoms. The zero-order valence-electron chi connectivity index (χ0n) is 13.3. The Morgan fingerprint density at radius 1 is 1.16 bits per heavy atom. The van der Waals surface area contributed by atoms with Gasteiger partial charge in [-0.15, -0.1) is 0 Å². The summed E-state index contributed by atoms with van der Waals surface area (Å²) < 4.78 is 0. The van der Waals surface area contributed by atoms with Crippen LogP contribution >= 0.6 is 0 Å². The molecule has 1 amide bonds. The molecule has 1 aliphatic carbocycles. The first-order valence-corrected chi connectivity index (χ1v) is 8.04. The van der Waals surface area contributed by atoms with Gasteiger partial charge in [-0.3, -0.25) is 4.79 Å². The summed E-state index contributed by atoms with van der Waals surface area (Å²) in [6.07, 6.45) is 5.69. The zero-order valence-corrected chi connectivity index (χ0v) is 13.3. The van der Waals surface area contributed by atoms with Gasteiger partial charge in [0.05, 0.1) is 6.04 Å². The molecule has 0 radical (unpaired) electrons. The normalized spacial score (nSPS) is 29.3. The smallest absolute Gasteiger partial charge is 0.237 e. The topological polar surface area (TPSA) is 41.1 Å². The lowest BCUT2D eigenvalue weighted by Gasteiger charge is -2.34. The molecule has 0 saturated heterocycles. The second-order valence-electron chi connectivity index (χ2n) is 6.37. The SMILES string of the molecule is CCC(CC)NC(=O)C(C)NC1CCC(C)C(C)C1. The van der Waals surface area contributed by atoms with Crippen LogP contribution in [0.2, 0.25) is 0 Å². The second kappa shape index (κ2) is 7.88. The van der Waals surface area contributed by atoms with E-state index in [1.54, 1.807) is 0 Å². The van der Waals surface area contributed by atoms with Crippen LogP contribution < -0.4 is 10.6 Å². The molecule has 0 aliphatic heterocycles. The molecule has 1 saturated carbocycles. The highest BCUT2D eigenvalue weighted by atomic mass is 16.2. The monoisotopic (exact) mass is 268 g/mol. The van der Waals surface area contributed by atoms with Gasteiger partial charge in [0.25, 0.3) is 0 Å². The lowest BCUT2D eigenvalue weighted by atomic mass is 9.79. The van der Waals surface area contributed by atoms with Crippen LogP contribution in [0.25, 0.3) is 0 Å². The molecular weight excluding hydrogens is 236 g/mol. The van der Waals surface area contributed by atoms with E-state index in [-0.39, 0.29) is 11.9 Å². The van der Waals surface area contributed by atoms with Crippen LogP contribution in [0, 0.1) is 11.8 Å². The van der Waals surface area contributed by atoms with Crippen molar-refractivity contribution in [2.24, 2.45) is 11.8 Å². The summed E-state index contributed by atoms with van der Waals surface area (Å²) in [5.74, 6) is 1.74. The minimum Gasteiger partial charge on any atom is -0.352 e. The molecule has 112 valence electrons.